The number of carbonyl (C=O) groups excluding carboxylic acids is 2. The Bertz CT molecular complexity index is 1630. The number of anilines is 2. The smallest absolute Gasteiger partial charge is 0.245 e. The molecule has 0 radical (unpaired) electrons. The van der Waals surface area contributed by atoms with Crippen molar-refractivity contribution in [3.05, 3.63) is 87.2 Å². The number of hydrogen-bond donors (Lipinski definition) is 1. The number of ether oxygens (including phenoxy) is 1. The summed E-state index contributed by atoms with van der Waals surface area (Å²) in [6.07, 6.45) is 2.17. The second-order valence-electron chi connectivity index (χ2n) is 11.6. The van der Waals surface area contributed by atoms with Crippen molar-refractivity contribution in [3.8, 4) is 5.75 Å². The lowest BCUT2D eigenvalue weighted by Crippen LogP contribution is -2.62. The Hall–Kier alpha value is -3.27. The SMILES string of the molecule is COc1c(F)cc(N2C[C@H]3[C@@H](C2=O)[C@H](c2cccc(Cl)c2F)[C@@]2(Cc4ccc(Cl)cc4NC2=O)N3CC2CC2)cc1F. The van der Waals surface area contributed by atoms with Gasteiger partial charge in [0.2, 0.25) is 11.8 Å². The van der Waals surface area contributed by atoms with Gasteiger partial charge in [0, 0.05) is 60.0 Å². The summed E-state index contributed by atoms with van der Waals surface area (Å²) in [6, 6.07) is 11.4. The Balaban J connectivity index is 1.41. The van der Waals surface area contributed by atoms with Crippen molar-refractivity contribution in [2.24, 2.45) is 11.8 Å². The van der Waals surface area contributed by atoms with E-state index >= 15 is 4.39 Å². The Morgan fingerprint density at radius 1 is 1.05 bits per heavy atom. The fraction of sp³-hybridized carbons (Fsp3) is 0.355. The molecule has 1 spiro atoms. The number of amides is 2. The number of halogens is 5. The predicted molar refractivity (Wildman–Crippen MR) is 153 cm³/mol. The minimum Gasteiger partial charge on any atom is -0.491 e. The molecule has 4 aliphatic rings. The zero-order valence-corrected chi connectivity index (χ0v) is 24.0. The van der Waals surface area contributed by atoms with E-state index in [9.17, 15) is 18.4 Å². The largest absolute Gasteiger partial charge is 0.491 e. The van der Waals surface area contributed by atoms with Gasteiger partial charge in [-0.05, 0) is 48.1 Å². The lowest BCUT2D eigenvalue weighted by atomic mass is 9.69. The number of likely N-dealkylation sites (tertiary alicyclic amines) is 1. The Labute approximate surface area is 250 Å². The zero-order chi connectivity index (χ0) is 29.5. The molecule has 2 saturated heterocycles. The monoisotopic (exact) mass is 615 g/mol. The Morgan fingerprint density at radius 3 is 2.48 bits per heavy atom. The van der Waals surface area contributed by atoms with E-state index < -0.39 is 52.5 Å². The van der Waals surface area contributed by atoms with Crippen LogP contribution in [-0.4, -0.2) is 48.5 Å². The van der Waals surface area contributed by atoms with Gasteiger partial charge in [0.05, 0.1) is 18.1 Å². The first-order chi connectivity index (χ1) is 20.1. The van der Waals surface area contributed by atoms with Gasteiger partial charge < -0.3 is 15.0 Å². The van der Waals surface area contributed by atoms with Crippen LogP contribution in [0, 0.1) is 29.3 Å². The molecule has 4 atom stereocenters. The van der Waals surface area contributed by atoms with Gasteiger partial charge in [-0.1, -0.05) is 41.4 Å². The highest BCUT2D eigenvalue weighted by atomic mass is 35.5. The third-order valence-corrected chi connectivity index (χ3v) is 9.79. The fourth-order valence-corrected chi connectivity index (χ4v) is 7.64. The van der Waals surface area contributed by atoms with Crippen molar-refractivity contribution in [1.82, 2.24) is 4.90 Å². The van der Waals surface area contributed by atoms with Crippen LogP contribution in [0.25, 0.3) is 0 Å². The first kappa shape index (κ1) is 27.6. The topological polar surface area (TPSA) is 61.9 Å². The lowest BCUT2D eigenvalue weighted by Gasteiger charge is -2.46. The van der Waals surface area contributed by atoms with Gasteiger partial charge in [0.15, 0.2) is 17.4 Å². The van der Waals surface area contributed by atoms with Gasteiger partial charge >= 0.3 is 0 Å². The molecule has 11 heteroatoms. The van der Waals surface area contributed by atoms with E-state index in [-0.39, 0.29) is 35.1 Å². The second-order valence-corrected chi connectivity index (χ2v) is 12.4. The number of fused-ring (bicyclic) bond motifs is 2. The van der Waals surface area contributed by atoms with Crippen LogP contribution < -0.4 is 15.0 Å². The van der Waals surface area contributed by atoms with Crippen LogP contribution >= 0.6 is 23.2 Å². The molecule has 6 nitrogen and oxygen atoms in total. The van der Waals surface area contributed by atoms with Crippen LogP contribution in [0.3, 0.4) is 0 Å². The highest BCUT2D eigenvalue weighted by Gasteiger charge is 2.69. The molecule has 1 saturated carbocycles. The van der Waals surface area contributed by atoms with E-state index in [2.05, 4.69) is 10.2 Å². The van der Waals surface area contributed by atoms with Crippen LogP contribution in [0.1, 0.15) is 29.9 Å². The van der Waals surface area contributed by atoms with Gasteiger partial charge in [-0.2, -0.15) is 0 Å². The molecular formula is C31H26Cl2F3N3O3. The zero-order valence-electron chi connectivity index (χ0n) is 22.5. The third-order valence-electron chi connectivity index (χ3n) is 9.26. The lowest BCUT2D eigenvalue weighted by molar-refractivity contribution is -0.129. The molecule has 0 aromatic heterocycles. The molecule has 3 fully saturated rings. The van der Waals surface area contributed by atoms with Crippen LogP contribution in [0.5, 0.6) is 5.75 Å². The molecular weight excluding hydrogens is 590 g/mol. The molecule has 3 aliphatic heterocycles. The maximum Gasteiger partial charge on any atom is 0.245 e. The summed E-state index contributed by atoms with van der Waals surface area (Å²) in [6.45, 7) is 0.589. The minimum absolute atomic E-state index is 0.0315. The standard InChI is InChI=1S/C31H26Cl2F3N3O3/c1-42-28-21(34)10-18(11-22(28)35)38-14-24-25(29(38)40)26(19-3-2-4-20(33)27(19)36)31(39(24)13-15-5-6-15)12-16-7-8-17(32)9-23(16)37-30(31)41/h2-4,7-11,15,24-26H,5-6,12-14H2,1H3,(H,37,41)/t24-,25+,26-,31+/m0/s1. The number of carbonyl (C=O) groups is 2. The van der Waals surface area contributed by atoms with Crippen LogP contribution in [-0.2, 0) is 16.0 Å². The van der Waals surface area contributed by atoms with E-state index in [4.69, 9.17) is 27.9 Å². The van der Waals surface area contributed by atoms with Crippen LogP contribution in [0.2, 0.25) is 10.0 Å². The third kappa shape index (κ3) is 4.04. The molecule has 1 N–H and O–H groups in total. The van der Waals surface area contributed by atoms with Crippen molar-refractivity contribution >= 4 is 46.4 Å². The maximum absolute atomic E-state index is 15.9. The van der Waals surface area contributed by atoms with Crippen molar-refractivity contribution in [2.75, 3.05) is 30.4 Å². The molecule has 1 aliphatic carbocycles. The molecule has 3 aromatic carbocycles. The highest BCUT2D eigenvalue weighted by molar-refractivity contribution is 6.31. The quantitative estimate of drug-likeness (QED) is 0.372. The average Bonchev–Trinajstić information content (AvgIpc) is 3.66. The van der Waals surface area contributed by atoms with Crippen molar-refractivity contribution in [3.63, 3.8) is 0 Å². The van der Waals surface area contributed by atoms with Crippen molar-refractivity contribution < 1.29 is 27.5 Å². The summed E-state index contributed by atoms with van der Waals surface area (Å²) in [5.41, 5.74) is 0.261. The molecule has 218 valence electrons. The second kappa shape index (κ2) is 9.89. The van der Waals surface area contributed by atoms with E-state index in [1.807, 2.05) is 6.07 Å². The Kier molecular flexibility index (Phi) is 6.49. The van der Waals surface area contributed by atoms with Gasteiger partial charge in [-0.15, -0.1) is 0 Å². The normalized spacial score (nSPS) is 26.9. The summed E-state index contributed by atoms with van der Waals surface area (Å²) in [5, 5.41) is 3.35. The van der Waals surface area contributed by atoms with Gasteiger partial charge in [0.1, 0.15) is 11.4 Å². The van der Waals surface area contributed by atoms with Gasteiger partial charge in [0.25, 0.3) is 0 Å². The summed E-state index contributed by atoms with van der Waals surface area (Å²) in [4.78, 5) is 32.1. The van der Waals surface area contributed by atoms with Gasteiger partial charge in [-0.3, -0.25) is 14.5 Å². The van der Waals surface area contributed by atoms with Crippen molar-refractivity contribution in [2.45, 2.75) is 36.8 Å². The number of benzene rings is 3. The molecule has 0 bridgehead atoms. The van der Waals surface area contributed by atoms with E-state index in [0.717, 1.165) is 37.6 Å². The summed E-state index contributed by atoms with van der Waals surface area (Å²) in [5.74, 6) is -5.43. The summed E-state index contributed by atoms with van der Waals surface area (Å²) >= 11 is 12.5. The van der Waals surface area contributed by atoms with Crippen LogP contribution in [0.15, 0.2) is 48.5 Å². The molecule has 3 aromatic rings. The minimum atomic E-state index is -1.32. The number of nitrogens with one attached hydrogen (secondary N) is 1. The Morgan fingerprint density at radius 2 is 1.79 bits per heavy atom. The molecule has 7 rings (SSSR count). The average molecular weight is 616 g/mol. The maximum atomic E-state index is 15.9. The fourth-order valence-electron chi connectivity index (χ4n) is 7.29. The number of nitrogens with zero attached hydrogens (tertiary/aromatic N) is 2. The van der Waals surface area contributed by atoms with E-state index in [0.29, 0.717) is 23.2 Å². The number of hydrogen-bond acceptors (Lipinski definition) is 4. The highest BCUT2D eigenvalue weighted by Crippen LogP contribution is 2.58. The summed E-state index contributed by atoms with van der Waals surface area (Å²) < 4.78 is 50.2. The first-order valence-corrected chi connectivity index (χ1v) is 14.5. The van der Waals surface area contributed by atoms with Gasteiger partial charge in [-0.25, -0.2) is 13.2 Å². The summed E-state index contributed by atoms with van der Waals surface area (Å²) in [7, 11) is 1.16. The van der Waals surface area contributed by atoms with E-state index in [1.54, 1.807) is 24.3 Å². The molecule has 2 amide bonds. The number of rotatable bonds is 5. The van der Waals surface area contributed by atoms with Crippen LogP contribution in [0.4, 0.5) is 24.5 Å². The van der Waals surface area contributed by atoms with E-state index in [1.165, 1.54) is 11.0 Å². The van der Waals surface area contributed by atoms with Crippen molar-refractivity contribution in [1.29, 1.82) is 0 Å². The molecule has 3 heterocycles. The predicted octanol–water partition coefficient (Wildman–Crippen LogP) is 6.19. The molecule has 0 unspecified atom stereocenters. The number of methoxy groups -OCH3 is 1. The first-order valence-electron chi connectivity index (χ1n) is 13.8. The molecule has 42 heavy (non-hydrogen) atoms.